The normalized spacial score (nSPS) is 11.1. The first-order valence-electron chi connectivity index (χ1n) is 6.17. The van der Waals surface area contributed by atoms with E-state index in [9.17, 15) is 20.0 Å². The molecule has 0 saturated heterocycles. The molecule has 0 aliphatic heterocycles. The van der Waals surface area contributed by atoms with Crippen molar-refractivity contribution in [3.8, 4) is 0 Å². The lowest BCUT2D eigenvalue weighted by Gasteiger charge is -2.25. The van der Waals surface area contributed by atoms with Gasteiger partial charge in [-0.25, -0.2) is 0 Å². The summed E-state index contributed by atoms with van der Waals surface area (Å²) in [6.07, 6.45) is 1.00. The molecule has 0 atom stereocenters. The van der Waals surface area contributed by atoms with Crippen LogP contribution in [-0.2, 0) is 0 Å². The summed E-state index contributed by atoms with van der Waals surface area (Å²) < 4.78 is 0. The number of nitro groups is 1. The monoisotopic (exact) mass is 266 g/mol. The zero-order valence-corrected chi connectivity index (χ0v) is 11.0. The third kappa shape index (κ3) is 3.75. The first-order chi connectivity index (χ1) is 8.93. The van der Waals surface area contributed by atoms with Gasteiger partial charge in [-0.1, -0.05) is 26.0 Å². The van der Waals surface area contributed by atoms with Gasteiger partial charge in [0.15, 0.2) is 0 Å². The van der Waals surface area contributed by atoms with E-state index in [0.29, 0.717) is 12.8 Å². The number of rotatable bonds is 6. The highest BCUT2D eigenvalue weighted by Gasteiger charge is 2.25. The number of hydrogen-bond acceptors (Lipinski definition) is 4. The van der Waals surface area contributed by atoms with Gasteiger partial charge in [-0.2, -0.15) is 0 Å². The van der Waals surface area contributed by atoms with Crippen LogP contribution in [-0.4, -0.2) is 28.1 Å². The van der Waals surface area contributed by atoms with Crippen LogP contribution in [0, 0.1) is 10.1 Å². The van der Waals surface area contributed by atoms with Gasteiger partial charge in [0.2, 0.25) is 0 Å². The van der Waals surface area contributed by atoms with Gasteiger partial charge in [0.1, 0.15) is 5.56 Å². The molecule has 0 spiro atoms. The Labute approximate surface area is 111 Å². The fourth-order valence-corrected chi connectivity index (χ4v) is 1.66. The highest BCUT2D eigenvalue weighted by Crippen LogP contribution is 2.18. The predicted octanol–water partition coefficient (Wildman–Crippen LogP) is 1.88. The number of nitrogens with zero attached hydrogens (tertiary/aromatic N) is 1. The number of amides is 1. The Morgan fingerprint density at radius 3 is 2.47 bits per heavy atom. The summed E-state index contributed by atoms with van der Waals surface area (Å²) in [7, 11) is 0. The number of carbonyl (C=O) groups excluding carboxylic acids is 1. The highest BCUT2D eigenvalue weighted by molar-refractivity contribution is 5.98. The molecule has 6 heteroatoms. The molecular formula is C13H18N2O4. The molecule has 0 unspecified atom stereocenters. The summed E-state index contributed by atoms with van der Waals surface area (Å²) in [4.78, 5) is 22.1. The van der Waals surface area contributed by atoms with Gasteiger partial charge in [0.05, 0.1) is 10.5 Å². The van der Waals surface area contributed by atoms with Crippen molar-refractivity contribution < 1.29 is 14.8 Å². The van der Waals surface area contributed by atoms with E-state index >= 15 is 0 Å². The van der Waals surface area contributed by atoms with Crippen molar-refractivity contribution in [1.82, 2.24) is 5.32 Å². The molecule has 19 heavy (non-hydrogen) atoms. The van der Waals surface area contributed by atoms with Crippen molar-refractivity contribution in [3.05, 3.63) is 39.9 Å². The Balaban J connectivity index is 2.82. The lowest BCUT2D eigenvalue weighted by molar-refractivity contribution is -0.385. The molecule has 0 fully saturated rings. The molecular weight excluding hydrogens is 248 g/mol. The molecule has 0 bridgehead atoms. The molecule has 0 radical (unpaired) electrons. The molecule has 0 heterocycles. The summed E-state index contributed by atoms with van der Waals surface area (Å²) in [6.45, 7) is 3.71. The zero-order chi connectivity index (χ0) is 14.5. The minimum absolute atomic E-state index is 0.00190. The van der Waals surface area contributed by atoms with Crippen LogP contribution >= 0.6 is 0 Å². The summed E-state index contributed by atoms with van der Waals surface area (Å²) in [5.74, 6) is -0.548. The van der Waals surface area contributed by atoms with Crippen LogP contribution in [0.1, 0.15) is 37.0 Å². The van der Waals surface area contributed by atoms with Gasteiger partial charge in [-0.15, -0.1) is 0 Å². The van der Waals surface area contributed by atoms with E-state index in [1.807, 2.05) is 13.8 Å². The van der Waals surface area contributed by atoms with E-state index < -0.39 is 16.4 Å². The van der Waals surface area contributed by atoms with Crippen LogP contribution in [0.25, 0.3) is 0 Å². The topological polar surface area (TPSA) is 92.5 Å². The smallest absolute Gasteiger partial charge is 0.282 e. The SMILES string of the molecule is CCC(O)(CC)CNC(=O)c1ccccc1[N+](=O)[O-]. The Bertz CT molecular complexity index is 469. The molecule has 2 N–H and O–H groups in total. The van der Waals surface area contributed by atoms with Crippen molar-refractivity contribution in [3.63, 3.8) is 0 Å². The Morgan fingerprint density at radius 2 is 1.95 bits per heavy atom. The maximum atomic E-state index is 11.9. The molecule has 1 amide bonds. The van der Waals surface area contributed by atoms with Gasteiger partial charge in [-0.05, 0) is 18.9 Å². The zero-order valence-electron chi connectivity index (χ0n) is 11.0. The molecule has 0 aliphatic rings. The number of nitrogens with one attached hydrogen (secondary N) is 1. The molecule has 0 aromatic heterocycles. The van der Waals surface area contributed by atoms with Gasteiger partial charge in [0.25, 0.3) is 11.6 Å². The molecule has 104 valence electrons. The van der Waals surface area contributed by atoms with E-state index in [-0.39, 0.29) is 17.8 Å². The quantitative estimate of drug-likeness (QED) is 0.607. The van der Waals surface area contributed by atoms with Gasteiger partial charge in [0, 0.05) is 12.6 Å². The highest BCUT2D eigenvalue weighted by atomic mass is 16.6. The summed E-state index contributed by atoms with van der Waals surface area (Å²) in [6, 6.07) is 5.74. The van der Waals surface area contributed by atoms with Crippen LogP contribution in [0.5, 0.6) is 0 Å². The van der Waals surface area contributed by atoms with E-state index in [0.717, 1.165) is 0 Å². The Morgan fingerprint density at radius 1 is 1.37 bits per heavy atom. The van der Waals surface area contributed by atoms with E-state index in [1.165, 1.54) is 18.2 Å². The molecule has 1 aromatic rings. The Kier molecular flexibility index (Phi) is 5.00. The third-order valence-corrected chi connectivity index (χ3v) is 3.24. The molecule has 1 rings (SSSR count). The third-order valence-electron chi connectivity index (χ3n) is 3.24. The minimum Gasteiger partial charge on any atom is -0.388 e. The van der Waals surface area contributed by atoms with Crippen LogP contribution in [0.15, 0.2) is 24.3 Å². The molecule has 6 nitrogen and oxygen atoms in total. The number of benzene rings is 1. The minimum atomic E-state index is -0.973. The van der Waals surface area contributed by atoms with Crippen molar-refractivity contribution in [2.45, 2.75) is 32.3 Å². The summed E-state index contributed by atoms with van der Waals surface area (Å²) >= 11 is 0. The predicted molar refractivity (Wildman–Crippen MR) is 71.0 cm³/mol. The fraction of sp³-hybridized carbons (Fsp3) is 0.462. The first kappa shape index (κ1) is 15.1. The van der Waals surface area contributed by atoms with E-state index in [1.54, 1.807) is 6.07 Å². The maximum absolute atomic E-state index is 11.9. The summed E-state index contributed by atoms with van der Waals surface area (Å²) in [5.41, 5.74) is -1.21. The average Bonchev–Trinajstić information content (AvgIpc) is 2.44. The number of aliphatic hydroxyl groups is 1. The molecule has 0 aliphatic carbocycles. The lowest BCUT2D eigenvalue weighted by Crippen LogP contribution is -2.42. The molecule has 0 saturated carbocycles. The summed E-state index contributed by atoms with van der Waals surface area (Å²) in [5, 5.41) is 23.4. The molecule has 1 aromatic carbocycles. The maximum Gasteiger partial charge on any atom is 0.282 e. The fourth-order valence-electron chi connectivity index (χ4n) is 1.66. The van der Waals surface area contributed by atoms with Crippen molar-refractivity contribution >= 4 is 11.6 Å². The standard InChI is InChI=1S/C13H18N2O4/c1-3-13(17,4-2)9-14-12(16)10-7-5-6-8-11(10)15(18)19/h5-8,17H,3-4,9H2,1-2H3,(H,14,16). The van der Waals surface area contributed by atoms with Crippen LogP contribution in [0.2, 0.25) is 0 Å². The van der Waals surface area contributed by atoms with Crippen LogP contribution < -0.4 is 5.32 Å². The second kappa shape index (κ2) is 6.29. The van der Waals surface area contributed by atoms with Gasteiger partial charge >= 0.3 is 0 Å². The largest absolute Gasteiger partial charge is 0.388 e. The van der Waals surface area contributed by atoms with Crippen LogP contribution in [0.3, 0.4) is 0 Å². The number of hydrogen-bond donors (Lipinski definition) is 2. The van der Waals surface area contributed by atoms with Gasteiger partial charge in [-0.3, -0.25) is 14.9 Å². The van der Waals surface area contributed by atoms with Crippen molar-refractivity contribution in [2.24, 2.45) is 0 Å². The number of para-hydroxylation sites is 1. The number of carbonyl (C=O) groups is 1. The Hall–Kier alpha value is -1.95. The first-order valence-corrected chi connectivity index (χ1v) is 6.17. The second-order valence-corrected chi connectivity index (χ2v) is 4.39. The van der Waals surface area contributed by atoms with Crippen molar-refractivity contribution in [1.29, 1.82) is 0 Å². The lowest BCUT2D eigenvalue weighted by atomic mass is 9.97. The van der Waals surface area contributed by atoms with Gasteiger partial charge < -0.3 is 10.4 Å². The second-order valence-electron chi connectivity index (χ2n) is 4.39. The van der Waals surface area contributed by atoms with E-state index in [4.69, 9.17) is 0 Å². The van der Waals surface area contributed by atoms with Crippen LogP contribution in [0.4, 0.5) is 5.69 Å². The van der Waals surface area contributed by atoms with Crippen molar-refractivity contribution in [2.75, 3.05) is 6.54 Å². The number of nitro benzene ring substituents is 1. The van der Waals surface area contributed by atoms with E-state index in [2.05, 4.69) is 5.32 Å². The average molecular weight is 266 g/mol.